The van der Waals surface area contributed by atoms with Crippen molar-refractivity contribution in [1.82, 2.24) is 4.98 Å². The molecule has 0 unspecified atom stereocenters. The van der Waals surface area contributed by atoms with E-state index in [1.54, 1.807) is 6.07 Å². The third-order valence-electron chi connectivity index (χ3n) is 0.905. The lowest BCUT2D eigenvalue weighted by molar-refractivity contribution is 0.209. The summed E-state index contributed by atoms with van der Waals surface area (Å²) in [5, 5.41) is 0. The molecular formula is C6H5BrN2O2. The minimum absolute atomic E-state index is 0.195. The Morgan fingerprint density at radius 2 is 2.36 bits per heavy atom. The summed E-state index contributed by atoms with van der Waals surface area (Å²) in [4.78, 5) is 14.0. The third kappa shape index (κ3) is 2.55. The molecule has 1 amide bonds. The lowest BCUT2D eigenvalue weighted by Gasteiger charge is -1.97. The molecule has 1 aromatic heterocycles. The Balaban J connectivity index is 2.74. The van der Waals surface area contributed by atoms with Crippen LogP contribution in [-0.2, 0) is 0 Å². The topological polar surface area (TPSA) is 65.2 Å². The van der Waals surface area contributed by atoms with E-state index in [1.807, 2.05) is 0 Å². The van der Waals surface area contributed by atoms with E-state index in [2.05, 4.69) is 25.7 Å². The summed E-state index contributed by atoms with van der Waals surface area (Å²) in [5.74, 6) is 0.195. The van der Waals surface area contributed by atoms with Crippen LogP contribution in [0.5, 0.6) is 5.88 Å². The molecule has 4 nitrogen and oxygen atoms in total. The molecular weight excluding hydrogens is 212 g/mol. The third-order valence-corrected chi connectivity index (χ3v) is 1.37. The number of carbonyl (C=O) groups excluding carboxylic acids is 1. The largest absolute Gasteiger partial charge is 0.411 e. The highest BCUT2D eigenvalue weighted by atomic mass is 79.9. The number of nitrogens with zero attached hydrogens (tertiary/aromatic N) is 1. The molecule has 5 heteroatoms. The SMILES string of the molecule is NC(=O)Oc1ccc(Br)cn1. The van der Waals surface area contributed by atoms with Crippen LogP contribution in [0.3, 0.4) is 0 Å². The highest BCUT2D eigenvalue weighted by molar-refractivity contribution is 9.10. The van der Waals surface area contributed by atoms with Gasteiger partial charge in [0.15, 0.2) is 0 Å². The van der Waals surface area contributed by atoms with Crippen LogP contribution in [0, 0.1) is 0 Å². The summed E-state index contributed by atoms with van der Waals surface area (Å²) in [6.45, 7) is 0. The van der Waals surface area contributed by atoms with E-state index in [4.69, 9.17) is 5.73 Å². The zero-order chi connectivity index (χ0) is 8.27. The lowest BCUT2D eigenvalue weighted by atomic mass is 10.5. The number of carbonyl (C=O) groups is 1. The molecule has 1 aromatic rings. The Morgan fingerprint density at radius 3 is 2.82 bits per heavy atom. The van der Waals surface area contributed by atoms with Crippen molar-refractivity contribution in [1.29, 1.82) is 0 Å². The van der Waals surface area contributed by atoms with Gasteiger partial charge in [-0.2, -0.15) is 0 Å². The van der Waals surface area contributed by atoms with Gasteiger partial charge in [0.05, 0.1) is 0 Å². The minimum atomic E-state index is -0.861. The Labute approximate surface area is 71.5 Å². The summed E-state index contributed by atoms with van der Waals surface area (Å²) >= 11 is 3.18. The van der Waals surface area contributed by atoms with E-state index >= 15 is 0 Å². The number of rotatable bonds is 1. The van der Waals surface area contributed by atoms with Crippen LogP contribution in [0.1, 0.15) is 0 Å². The molecule has 0 aliphatic heterocycles. The molecule has 0 fully saturated rings. The van der Waals surface area contributed by atoms with Crippen molar-refractivity contribution in [2.45, 2.75) is 0 Å². The Kier molecular flexibility index (Phi) is 2.43. The van der Waals surface area contributed by atoms with Gasteiger partial charge in [-0.25, -0.2) is 9.78 Å². The molecule has 1 rings (SSSR count). The average Bonchev–Trinajstić information content (AvgIpc) is 1.93. The van der Waals surface area contributed by atoms with Crippen molar-refractivity contribution in [2.24, 2.45) is 5.73 Å². The standard InChI is InChI=1S/C6H5BrN2O2/c7-4-1-2-5(9-3-4)11-6(8)10/h1-3H,(H2,8,10). The molecule has 0 radical (unpaired) electrons. The molecule has 0 aromatic carbocycles. The molecule has 0 saturated heterocycles. The van der Waals surface area contributed by atoms with Gasteiger partial charge >= 0.3 is 6.09 Å². The van der Waals surface area contributed by atoms with Gasteiger partial charge in [-0.1, -0.05) is 0 Å². The quantitative estimate of drug-likeness (QED) is 0.770. The van der Waals surface area contributed by atoms with Crippen molar-refractivity contribution in [3.8, 4) is 5.88 Å². The number of ether oxygens (including phenoxy) is 1. The molecule has 0 atom stereocenters. The number of pyridine rings is 1. The Bertz CT molecular complexity index is 260. The zero-order valence-corrected chi connectivity index (χ0v) is 7.04. The number of nitrogens with two attached hydrogens (primary N) is 1. The van der Waals surface area contributed by atoms with Gasteiger partial charge < -0.3 is 10.5 Å². The van der Waals surface area contributed by atoms with E-state index in [0.29, 0.717) is 0 Å². The molecule has 2 N–H and O–H groups in total. The molecule has 11 heavy (non-hydrogen) atoms. The molecule has 0 aliphatic carbocycles. The van der Waals surface area contributed by atoms with Crippen LogP contribution in [0.2, 0.25) is 0 Å². The van der Waals surface area contributed by atoms with Crippen molar-refractivity contribution >= 4 is 22.0 Å². The van der Waals surface area contributed by atoms with E-state index in [1.165, 1.54) is 12.3 Å². The van der Waals surface area contributed by atoms with Crippen LogP contribution in [0.4, 0.5) is 4.79 Å². The highest BCUT2D eigenvalue weighted by Gasteiger charge is 1.97. The number of primary amides is 1. The molecule has 0 aliphatic rings. The van der Waals surface area contributed by atoms with E-state index in [-0.39, 0.29) is 5.88 Å². The fourth-order valence-electron chi connectivity index (χ4n) is 0.526. The molecule has 58 valence electrons. The summed E-state index contributed by atoms with van der Waals surface area (Å²) < 4.78 is 5.29. The van der Waals surface area contributed by atoms with Gasteiger partial charge in [-0.3, -0.25) is 0 Å². The summed E-state index contributed by atoms with van der Waals surface area (Å²) in [6.07, 6.45) is 0.651. The van der Waals surface area contributed by atoms with Crippen molar-refractivity contribution in [3.63, 3.8) is 0 Å². The normalized spacial score (nSPS) is 9.18. The summed E-state index contributed by atoms with van der Waals surface area (Å²) in [5.41, 5.74) is 4.75. The summed E-state index contributed by atoms with van der Waals surface area (Å²) in [6, 6.07) is 3.24. The first-order chi connectivity index (χ1) is 5.18. The Morgan fingerprint density at radius 1 is 1.64 bits per heavy atom. The zero-order valence-electron chi connectivity index (χ0n) is 5.45. The molecule has 1 heterocycles. The number of amides is 1. The number of hydrogen-bond acceptors (Lipinski definition) is 3. The van der Waals surface area contributed by atoms with Crippen LogP contribution in [0.25, 0.3) is 0 Å². The number of aromatic nitrogens is 1. The second-order valence-corrected chi connectivity index (χ2v) is 2.65. The van der Waals surface area contributed by atoms with Crippen LogP contribution in [-0.4, -0.2) is 11.1 Å². The second-order valence-electron chi connectivity index (χ2n) is 1.74. The number of hydrogen-bond donors (Lipinski definition) is 1. The van der Waals surface area contributed by atoms with Gasteiger partial charge in [0.25, 0.3) is 0 Å². The van der Waals surface area contributed by atoms with Gasteiger partial charge in [-0.05, 0) is 22.0 Å². The van der Waals surface area contributed by atoms with Crippen LogP contribution >= 0.6 is 15.9 Å². The maximum absolute atomic E-state index is 10.2. The summed E-state index contributed by atoms with van der Waals surface area (Å²) in [7, 11) is 0. The first kappa shape index (κ1) is 8.00. The first-order valence-corrected chi connectivity index (χ1v) is 3.56. The maximum Gasteiger partial charge on any atom is 0.411 e. The van der Waals surface area contributed by atoms with Crippen LogP contribution in [0.15, 0.2) is 22.8 Å². The average molecular weight is 217 g/mol. The van der Waals surface area contributed by atoms with E-state index < -0.39 is 6.09 Å². The van der Waals surface area contributed by atoms with E-state index in [0.717, 1.165) is 4.47 Å². The van der Waals surface area contributed by atoms with E-state index in [9.17, 15) is 4.79 Å². The van der Waals surface area contributed by atoms with Crippen molar-refractivity contribution in [2.75, 3.05) is 0 Å². The van der Waals surface area contributed by atoms with Crippen molar-refractivity contribution < 1.29 is 9.53 Å². The predicted molar refractivity (Wildman–Crippen MR) is 42.1 cm³/mol. The van der Waals surface area contributed by atoms with Crippen molar-refractivity contribution in [3.05, 3.63) is 22.8 Å². The van der Waals surface area contributed by atoms with Gasteiger partial charge in [0.2, 0.25) is 5.88 Å². The number of halogens is 1. The highest BCUT2D eigenvalue weighted by Crippen LogP contribution is 2.11. The van der Waals surface area contributed by atoms with Gasteiger partial charge in [-0.15, -0.1) is 0 Å². The van der Waals surface area contributed by atoms with Gasteiger partial charge in [0, 0.05) is 16.7 Å². The smallest absolute Gasteiger partial charge is 0.391 e. The Hall–Kier alpha value is -1.10. The predicted octanol–water partition coefficient (Wildman–Crippen LogP) is 1.30. The fourth-order valence-corrected chi connectivity index (χ4v) is 0.760. The lowest BCUT2D eigenvalue weighted by Crippen LogP contribution is -2.16. The monoisotopic (exact) mass is 216 g/mol. The molecule has 0 spiro atoms. The second kappa shape index (κ2) is 3.34. The van der Waals surface area contributed by atoms with Gasteiger partial charge in [0.1, 0.15) is 0 Å². The molecule has 0 saturated carbocycles. The molecule has 0 bridgehead atoms. The maximum atomic E-state index is 10.2. The first-order valence-electron chi connectivity index (χ1n) is 2.77. The fraction of sp³-hybridized carbons (Fsp3) is 0. The minimum Gasteiger partial charge on any atom is -0.391 e. The van der Waals surface area contributed by atoms with Crippen LogP contribution < -0.4 is 10.5 Å².